The Morgan fingerprint density at radius 1 is 1.53 bits per heavy atom. The number of rotatable bonds is 3. The minimum absolute atomic E-state index is 0.0289. The zero-order valence-corrected chi connectivity index (χ0v) is 9.91. The fraction of sp³-hybridized carbons (Fsp3) is 0.583. The van der Waals surface area contributed by atoms with Gasteiger partial charge in [-0.15, -0.1) is 0 Å². The number of hydrogen-bond acceptors (Lipinski definition) is 5. The summed E-state index contributed by atoms with van der Waals surface area (Å²) in [6, 6.07) is 4.04. The Balaban J connectivity index is 2.18. The first-order valence-electron chi connectivity index (χ1n) is 5.79. The van der Waals surface area contributed by atoms with Gasteiger partial charge in [-0.3, -0.25) is 4.98 Å². The van der Waals surface area contributed by atoms with E-state index in [1.807, 2.05) is 12.1 Å². The monoisotopic (exact) mass is 238 g/mol. The molecule has 2 rings (SSSR count). The summed E-state index contributed by atoms with van der Waals surface area (Å²) in [5, 5.41) is 18.2. The van der Waals surface area contributed by atoms with Gasteiger partial charge in [0.15, 0.2) is 0 Å². The third-order valence-corrected chi connectivity index (χ3v) is 3.00. The topological polar surface area (TPSA) is 65.8 Å². The van der Waals surface area contributed by atoms with E-state index in [1.54, 1.807) is 6.20 Å². The molecule has 0 amide bonds. The third kappa shape index (κ3) is 2.74. The van der Waals surface area contributed by atoms with E-state index in [0.29, 0.717) is 18.8 Å². The summed E-state index contributed by atoms with van der Waals surface area (Å²) in [5.74, 6) is 0. The molecule has 1 aliphatic heterocycles. The number of hydrogen-bond donors (Lipinski definition) is 2. The number of aliphatic hydroxyl groups is 2. The summed E-state index contributed by atoms with van der Waals surface area (Å²) >= 11 is 0. The van der Waals surface area contributed by atoms with E-state index in [2.05, 4.69) is 16.8 Å². The zero-order chi connectivity index (χ0) is 12.3. The molecule has 0 spiro atoms. The van der Waals surface area contributed by atoms with Gasteiger partial charge >= 0.3 is 0 Å². The van der Waals surface area contributed by atoms with E-state index in [9.17, 15) is 0 Å². The van der Waals surface area contributed by atoms with Crippen molar-refractivity contribution >= 4 is 5.69 Å². The summed E-state index contributed by atoms with van der Waals surface area (Å²) in [6.45, 7) is 3.30. The van der Waals surface area contributed by atoms with Gasteiger partial charge in [0, 0.05) is 24.5 Å². The molecule has 0 saturated carbocycles. The lowest BCUT2D eigenvalue weighted by Crippen LogP contribution is -2.49. The minimum atomic E-state index is -0.142. The molecular formula is C12H18N2O3. The van der Waals surface area contributed by atoms with Crippen LogP contribution < -0.4 is 4.90 Å². The SMILES string of the molecule is CC1COC(CO)CN1c1ccnc(CO)c1. The van der Waals surface area contributed by atoms with Crippen molar-refractivity contribution in [3.63, 3.8) is 0 Å². The van der Waals surface area contributed by atoms with E-state index in [-0.39, 0.29) is 25.4 Å². The number of aromatic nitrogens is 1. The van der Waals surface area contributed by atoms with Gasteiger partial charge in [-0.25, -0.2) is 0 Å². The van der Waals surface area contributed by atoms with Crippen LogP contribution in [0.3, 0.4) is 0 Å². The fourth-order valence-corrected chi connectivity index (χ4v) is 2.02. The molecule has 5 heteroatoms. The average molecular weight is 238 g/mol. The Morgan fingerprint density at radius 2 is 2.35 bits per heavy atom. The van der Waals surface area contributed by atoms with Gasteiger partial charge in [-0.1, -0.05) is 0 Å². The van der Waals surface area contributed by atoms with Crippen molar-refractivity contribution in [1.82, 2.24) is 4.98 Å². The molecule has 1 aromatic rings. The number of ether oxygens (including phenoxy) is 1. The highest BCUT2D eigenvalue weighted by Gasteiger charge is 2.25. The van der Waals surface area contributed by atoms with Crippen molar-refractivity contribution in [2.24, 2.45) is 0 Å². The van der Waals surface area contributed by atoms with Gasteiger partial charge in [0.1, 0.15) is 0 Å². The molecular weight excluding hydrogens is 220 g/mol. The third-order valence-electron chi connectivity index (χ3n) is 3.00. The van der Waals surface area contributed by atoms with Gasteiger partial charge in [-0.05, 0) is 19.1 Å². The lowest BCUT2D eigenvalue weighted by molar-refractivity contribution is -0.0103. The van der Waals surface area contributed by atoms with Gasteiger partial charge in [-0.2, -0.15) is 0 Å². The average Bonchev–Trinajstić information content (AvgIpc) is 2.39. The number of pyridine rings is 1. The molecule has 1 fully saturated rings. The fourth-order valence-electron chi connectivity index (χ4n) is 2.02. The van der Waals surface area contributed by atoms with Crippen LogP contribution in [-0.4, -0.2) is 47.1 Å². The van der Waals surface area contributed by atoms with Crippen LogP contribution in [0.1, 0.15) is 12.6 Å². The smallest absolute Gasteiger partial charge is 0.0981 e. The Labute approximate surface area is 101 Å². The van der Waals surface area contributed by atoms with Crippen LogP contribution in [0.15, 0.2) is 18.3 Å². The minimum Gasteiger partial charge on any atom is -0.394 e. The summed E-state index contributed by atoms with van der Waals surface area (Å²) in [7, 11) is 0. The first-order valence-corrected chi connectivity index (χ1v) is 5.79. The van der Waals surface area contributed by atoms with Crippen molar-refractivity contribution < 1.29 is 14.9 Å². The van der Waals surface area contributed by atoms with Gasteiger partial charge in [0.2, 0.25) is 0 Å². The molecule has 2 unspecified atom stereocenters. The molecule has 1 aliphatic rings. The predicted molar refractivity (Wildman–Crippen MR) is 63.8 cm³/mol. The molecule has 17 heavy (non-hydrogen) atoms. The maximum absolute atomic E-state index is 9.14. The number of aliphatic hydroxyl groups excluding tert-OH is 2. The quantitative estimate of drug-likeness (QED) is 0.785. The second-order valence-electron chi connectivity index (χ2n) is 4.30. The largest absolute Gasteiger partial charge is 0.394 e. The van der Waals surface area contributed by atoms with Crippen LogP contribution in [0, 0.1) is 0 Å². The van der Waals surface area contributed by atoms with E-state index >= 15 is 0 Å². The van der Waals surface area contributed by atoms with Crippen LogP contribution in [0.25, 0.3) is 0 Å². The van der Waals surface area contributed by atoms with Crippen molar-refractivity contribution in [3.05, 3.63) is 24.0 Å². The van der Waals surface area contributed by atoms with Gasteiger partial charge in [0.25, 0.3) is 0 Å². The molecule has 0 aromatic carbocycles. The van der Waals surface area contributed by atoms with Crippen LogP contribution >= 0.6 is 0 Å². The molecule has 0 radical (unpaired) electrons. The zero-order valence-electron chi connectivity index (χ0n) is 9.91. The Bertz CT molecular complexity index is 373. The molecule has 1 saturated heterocycles. The second-order valence-corrected chi connectivity index (χ2v) is 4.30. The van der Waals surface area contributed by atoms with Crippen molar-refractivity contribution in [2.75, 3.05) is 24.7 Å². The Hall–Kier alpha value is -1.17. The number of morpholine rings is 1. The summed E-state index contributed by atoms with van der Waals surface area (Å²) in [6.07, 6.45) is 1.55. The second kappa shape index (κ2) is 5.44. The predicted octanol–water partition coefficient (Wildman–Crippen LogP) is 0.160. The normalized spacial score (nSPS) is 25.0. The highest BCUT2D eigenvalue weighted by atomic mass is 16.5. The van der Waals surface area contributed by atoms with Crippen LogP contribution in [0.5, 0.6) is 0 Å². The van der Waals surface area contributed by atoms with E-state index in [0.717, 1.165) is 5.69 Å². The van der Waals surface area contributed by atoms with E-state index in [1.165, 1.54) is 0 Å². The Kier molecular flexibility index (Phi) is 3.93. The molecule has 94 valence electrons. The van der Waals surface area contributed by atoms with Crippen LogP contribution in [0.2, 0.25) is 0 Å². The first kappa shape index (κ1) is 12.3. The van der Waals surface area contributed by atoms with Crippen molar-refractivity contribution in [2.45, 2.75) is 25.7 Å². The molecule has 0 bridgehead atoms. The summed E-state index contributed by atoms with van der Waals surface area (Å²) in [5.41, 5.74) is 1.67. The maximum atomic E-state index is 9.14. The molecule has 1 aromatic heterocycles. The Morgan fingerprint density at radius 3 is 3.06 bits per heavy atom. The van der Waals surface area contributed by atoms with Crippen LogP contribution in [0.4, 0.5) is 5.69 Å². The standard InChI is InChI=1S/C12H18N2O3/c1-9-8-17-12(7-16)5-14(9)11-2-3-13-10(4-11)6-15/h2-4,9,12,15-16H,5-8H2,1H3. The molecule has 2 atom stereocenters. The molecule has 5 nitrogen and oxygen atoms in total. The highest BCUT2D eigenvalue weighted by molar-refractivity contribution is 5.48. The first-order chi connectivity index (χ1) is 8.24. The summed E-state index contributed by atoms with van der Waals surface area (Å²) < 4.78 is 5.49. The number of nitrogens with zero attached hydrogens (tertiary/aromatic N) is 2. The lowest BCUT2D eigenvalue weighted by Gasteiger charge is -2.39. The molecule has 2 N–H and O–H groups in total. The maximum Gasteiger partial charge on any atom is 0.0981 e. The van der Waals surface area contributed by atoms with Gasteiger partial charge in [0.05, 0.1) is 31.6 Å². The van der Waals surface area contributed by atoms with E-state index in [4.69, 9.17) is 14.9 Å². The van der Waals surface area contributed by atoms with Gasteiger partial charge < -0.3 is 19.8 Å². The van der Waals surface area contributed by atoms with Crippen molar-refractivity contribution in [3.8, 4) is 0 Å². The van der Waals surface area contributed by atoms with Crippen LogP contribution in [-0.2, 0) is 11.3 Å². The van der Waals surface area contributed by atoms with Crippen molar-refractivity contribution in [1.29, 1.82) is 0 Å². The molecule has 0 aliphatic carbocycles. The lowest BCUT2D eigenvalue weighted by atomic mass is 10.1. The van der Waals surface area contributed by atoms with E-state index < -0.39 is 0 Å². The number of anilines is 1. The summed E-state index contributed by atoms with van der Waals surface area (Å²) in [4.78, 5) is 6.23. The highest BCUT2D eigenvalue weighted by Crippen LogP contribution is 2.21. The molecule has 2 heterocycles.